The Bertz CT molecular complexity index is 1030. The van der Waals surface area contributed by atoms with Gasteiger partial charge >= 0.3 is 5.97 Å². The van der Waals surface area contributed by atoms with Gasteiger partial charge in [-0.25, -0.2) is 4.79 Å². The molecule has 0 radical (unpaired) electrons. The van der Waals surface area contributed by atoms with Gasteiger partial charge in [-0.3, -0.25) is 14.4 Å². The fourth-order valence-corrected chi connectivity index (χ4v) is 3.72. The van der Waals surface area contributed by atoms with Crippen molar-refractivity contribution in [2.45, 2.75) is 26.7 Å². The smallest absolute Gasteiger partial charge is 0.339 e. The molecular formula is C24H26N2O5. The minimum atomic E-state index is -0.744. The predicted molar refractivity (Wildman–Crippen MR) is 115 cm³/mol. The topological polar surface area (TPSA) is 107 Å². The molecule has 1 saturated heterocycles. The Balaban J connectivity index is 1.72. The molecule has 2 N–H and O–H groups in total. The summed E-state index contributed by atoms with van der Waals surface area (Å²) in [5.74, 6) is -2.23. The van der Waals surface area contributed by atoms with Crippen LogP contribution < -0.4 is 5.73 Å². The number of nitrogens with zero attached hydrogens (tertiary/aromatic N) is 1. The molecule has 1 aliphatic heterocycles. The summed E-state index contributed by atoms with van der Waals surface area (Å²) in [7, 11) is 0. The molecule has 0 saturated carbocycles. The van der Waals surface area contributed by atoms with Crippen molar-refractivity contribution in [1.82, 2.24) is 4.90 Å². The zero-order chi connectivity index (χ0) is 22.5. The van der Waals surface area contributed by atoms with E-state index in [9.17, 15) is 19.2 Å². The average Bonchev–Trinajstić information content (AvgIpc) is 2.78. The van der Waals surface area contributed by atoms with Crippen LogP contribution in [0.3, 0.4) is 0 Å². The summed E-state index contributed by atoms with van der Waals surface area (Å²) in [5, 5.41) is 0. The number of primary amides is 1. The highest BCUT2D eigenvalue weighted by Gasteiger charge is 2.28. The Morgan fingerprint density at radius 2 is 1.74 bits per heavy atom. The summed E-state index contributed by atoms with van der Waals surface area (Å²) >= 11 is 0. The molecule has 7 heteroatoms. The van der Waals surface area contributed by atoms with Gasteiger partial charge in [0.05, 0.1) is 11.5 Å². The van der Waals surface area contributed by atoms with Gasteiger partial charge in [-0.15, -0.1) is 0 Å². The van der Waals surface area contributed by atoms with Gasteiger partial charge in [-0.05, 0) is 44.4 Å². The van der Waals surface area contributed by atoms with Crippen LogP contribution in [-0.2, 0) is 14.3 Å². The van der Waals surface area contributed by atoms with E-state index < -0.39 is 24.4 Å². The number of benzene rings is 2. The summed E-state index contributed by atoms with van der Waals surface area (Å²) in [6, 6.07) is 12.0. The minimum Gasteiger partial charge on any atom is -0.452 e. The third-order valence-electron chi connectivity index (χ3n) is 5.53. The fourth-order valence-electron chi connectivity index (χ4n) is 3.72. The standard InChI is InChI=1S/C24H26N2O5/c1-15-9-10-16(2)20(12-15)22(28)18-7-3-4-8-19(18)24(30)31-14-21(27)26-11-5-6-17(13-26)23(25)29/h3-4,7-10,12,17H,5-6,11,13-14H2,1-2H3,(H2,25,29)/t17-/m1/s1. The molecule has 1 aliphatic rings. The molecule has 3 rings (SSSR count). The average molecular weight is 422 g/mol. The number of hydrogen-bond acceptors (Lipinski definition) is 5. The Morgan fingerprint density at radius 3 is 2.45 bits per heavy atom. The monoisotopic (exact) mass is 422 g/mol. The lowest BCUT2D eigenvalue weighted by Gasteiger charge is -2.31. The van der Waals surface area contributed by atoms with Crippen LogP contribution in [0.1, 0.15) is 50.2 Å². The van der Waals surface area contributed by atoms with E-state index in [0.29, 0.717) is 24.9 Å². The van der Waals surface area contributed by atoms with E-state index in [1.165, 1.54) is 11.0 Å². The zero-order valence-corrected chi connectivity index (χ0v) is 17.7. The second-order valence-electron chi connectivity index (χ2n) is 7.85. The third-order valence-corrected chi connectivity index (χ3v) is 5.53. The van der Waals surface area contributed by atoms with Crippen LogP contribution in [0.2, 0.25) is 0 Å². The Kier molecular flexibility index (Phi) is 6.84. The Labute approximate surface area is 181 Å². The number of nitrogens with two attached hydrogens (primary N) is 1. The van der Waals surface area contributed by atoms with Crippen LogP contribution in [0.4, 0.5) is 0 Å². The quantitative estimate of drug-likeness (QED) is 0.568. The minimum absolute atomic E-state index is 0.106. The van der Waals surface area contributed by atoms with E-state index in [-0.39, 0.29) is 29.4 Å². The number of ketones is 1. The summed E-state index contributed by atoms with van der Waals surface area (Å²) in [4.78, 5) is 51.1. The van der Waals surface area contributed by atoms with Crippen LogP contribution in [-0.4, -0.2) is 48.2 Å². The molecule has 1 fully saturated rings. The van der Waals surface area contributed by atoms with Crippen LogP contribution in [0.25, 0.3) is 0 Å². The van der Waals surface area contributed by atoms with Crippen molar-refractivity contribution in [2.24, 2.45) is 11.7 Å². The van der Waals surface area contributed by atoms with Crippen LogP contribution in [0, 0.1) is 19.8 Å². The lowest BCUT2D eigenvalue weighted by molar-refractivity contribution is -0.137. The van der Waals surface area contributed by atoms with Crippen molar-refractivity contribution < 1.29 is 23.9 Å². The number of esters is 1. The lowest BCUT2D eigenvalue weighted by atomic mass is 9.94. The van der Waals surface area contributed by atoms with E-state index in [1.807, 2.05) is 26.0 Å². The number of ether oxygens (including phenoxy) is 1. The number of carbonyl (C=O) groups is 4. The van der Waals surface area contributed by atoms with E-state index in [4.69, 9.17) is 10.5 Å². The first-order chi connectivity index (χ1) is 14.8. The molecule has 2 amide bonds. The van der Waals surface area contributed by atoms with Gasteiger partial charge in [0.25, 0.3) is 5.91 Å². The number of hydrogen-bond donors (Lipinski definition) is 1. The van der Waals surface area contributed by atoms with E-state index in [1.54, 1.807) is 24.3 Å². The molecule has 0 unspecified atom stereocenters. The molecule has 1 atom stereocenters. The highest BCUT2D eigenvalue weighted by Crippen LogP contribution is 2.20. The van der Waals surface area contributed by atoms with Gasteiger partial charge in [0.1, 0.15) is 0 Å². The summed E-state index contributed by atoms with van der Waals surface area (Å²) in [5.41, 5.74) is 7.94. The van der Waals surface area contributed by atoms with Gasteiger partial charge in [0, 0.05) is 24.2 Å². The largest absolute Gasteiger partial charge is 0.452 e. The predicted octanol–water partition coefficient (Wildman–Crippen LogP) is 2.42. The maximum Gasteiger partial charge on any atom is 0.339 e. The first kappa shape index (κ1) is 22.2. The van der Waals surface area contributed by atoms with Gasteiger partial charge in [-0.1, -0.05) is 35.9 Å². The molecule has 2 aromatic rings. The molecular weight excluding hydrogens is 396 g/mol. The highest BCUT2D eigenvalue weighted by molar-refractivity contribution is 6.15. The van der Waals surface area contributed by atoms with Crippen LogP contribution >= 0.6 is 0 Å². The molecule has 31 heavy (non-hydrogen) atoms. The number of aryl methyl sites for hydroxylation is 2. The van der Waals surface area contributed by atoms with Crippen molar-refractivity contribution in [3.05, 3.63) is 70.3 Å². The first-order valence-corrected chi connectivity index (χ1v) is 10.2. The van der Waals surface area contributed by atoms with Crippen LogP contribution in [0.15, 0.2) is 42.5 Å². The second kappa shape index (κ2) is 9.55. The summed E-state index contributed by atoms with van der Waals surface area (Å²) < 4.78 is 5.22. The maximum absolute atomic E-state index is 13.1. The normalized spacial score (nSPS) is 15.9. The Morgan fingerprint density at radius 1 is 1.03 bits per heavy atom. The zero-order valence-electron chi connectivity index (χ0n) is 17.7. The molecule has 7 nitrogen and oxygen atoms in total. The molecule has 0 aromatic heterocycles. The van der Waals surface area contributed by atoms with E-state index in [0.717, 1.165) is 11.1 Å². The molecule has 0 aliphatic carbocycles. The highest BCUT2D eigenvalue weighted by atomic mass is 16.5. The van der Waals surface area contributed by atoms with E-state index in [2.05, 4.69) is 0 Å². The van der Waals surface area contributed by atoms with Crippen molar-refractivity contribution in [3.63, 3.8) is 0 Å². The summed E-state index contributed by atoms with van der Waals surface area (Å²) in [6.07, 6.45) is 1.31. The number of carbonyl (C=O) groups excluding carboxylic acids is 4. The van der Waals surface area contributed by atoms with Crippen molar-refractivity contribution in [3.8, 4) is 0 Å². The number of piperidine rings is 1. The van der Waals surface area contributed by atoms with Gasteiger partial charge in [0.2, 0.25) is 5.91 Å². The molecule has 0 bridgehead atoms. The third kappa shape index (κ3) is 5.17. The van der Waals surface area contributed by atoms with Gasteiger partial charge in [-0.2, -0.15) is 0 Å². The van der Waals surface area contributed by atoms with E-state index >= 15 is 0 Å². The number of amides is 2. The summed E-state index contributed by atoms with van der Waals surface area (Å²) in [6.45, 7) is 3.99. The first-order valence-electron chi connectivity index (χ1n) is 10.2. The molecule has 1 heterocycles. The fraction of sp³-hybridized carbons (Fsp3) is 0.333. The van der Waals surface area contributed by atoms with Crippen molar-refractivity contribution in [1.29, 1.82) is 0 Å². The van der Waals surface area contributed by atoms with Crippen molar-refractivity contribution in [2.75, 3.05) is 19.7 Å². The number of likely N-dealkylation sites (tertiary alicyclic amines) is 1. The van der Waals surface area contributed by atoms with Gasteiger partial charge < -0.3 is 15.4 Å². The van der Waals surface area contributed by atoms with Gasteiger partial charge in [0.15, 0.2) is 12.4 Å². The van der Waals surface area contributed by atoms with Crippen molar-refractivity contribution >= 4 is 23.6 Å². The molecule has 162 valence electrons. The Hall–Kier alpha value is -3.48. The lowest BCUT2D eigenvalue weighted by Crippen LogP contribution is -2.45. The maximum atomic E-state index is 13.1. The SMILES string of the molecule is Cc1ccc(C)c(C(=O)c2ccccc2C(=O)OCC(=O)N2CCC[C@@H](C(N)=O)C2)c1. The molecule has 2 aromatic carbocycles. The van der Waals surface area contributed by atoms with Crippen LogP contribution in [0.5, 0.6) is 0 Å². The second-order valence-corrected chi connectivity index (χ2v) is 7.85. The number of rotatable bonds is 6. The molecule has 0 spiro atoms.